The molecule has 0 spiro atoms. The lowest BCUT2D eigenvalue weighted by molar-refractivity contribution is -0.134. The second-order valence-corrected chi connectivity index (χ2v) is 3.60. The quantitative estimate of drug-likeness (QED) is 0.624. The number of benzene rings is 1. The lowest BCUT2D eigenvalue weighted by atomic mass is 10.0. The highest BCUT2D eigenvalue weighted by atomic mass is 16.5. The average molecular weight is 219 g/mol. The zero-order valence-corrected chi connectivity index (χ0v) is 9.86. The Kier molecular flexibility index (Phi) is 4.58. The first-order valence-electron chi connectivity index (χ1n) is 5.21. The summed E-state index contributed by atoms with van der Waals surface area (Å²) in [6.07, 6.45) is 2.98. The van der Waals surface area contributed by atoms with Gasteiger partial charge in [0.2, 0.25) is 0 Å². The van der Waals surface area contributed by atoms with Crippen LogP contribution in [-0.4, -0.2) is 13.1 Å². The van der Waals surface area contributed by atoms with Crippen molar-refractivity contribution in [2.45, 2.75) is 19.9 Å². The number of aryl methyl sites for hydroxylation is 1. The van der Waals surface area contributed by atoms with Gasteiger partial charge in [-0.1, -0.05) is 24.3 Å². The molecule has 0 aliphatic carbocycles. The van der Waals surface area contributed by atoms with E-state index in [-0.39, 0.29) is 12.0 Å². The first-order valence-corrected chi connectivity index (χ1v) is 5.21. The average Bonchev–Trinajstić information content (AvgIpc) is 2.29. The van der Waals surface area contributed by atoms with E-state index < -0.39 is 0 Å². The van der Waals surface area contributed by atoms with Crippen LogP contribution in [0, 0.1) is 6.92 Å². The van der Waals surface area contributed by atoms with E-state index in [1.54, 1.807) is 6.20 Å². The molecule has 0 saturated carbocycles. The molecule has 0 aliphatic rings. The number of hydrogen-bond donors (Lipinski definition) is 1. The van der Waals surface area contributed by atoms with Crippen molar-refractivity contribution in [2.24, 2.45) is 0 Å². The van der Waals surface area contributed by atoms with Crippen LogP contribution in [0.2, 0.25) is 0 Å². The molecular formula is C13H17NO2. The van der Waals surface area contributed by atoms with Gasteiger partial charge >= 0.3 is 5.97 Å². The molecule has 0 heterocycles. The number of nitrogens with one attached hydrogen (secondary N) is 1. The minimum atomic E-state index is -0.357. The zero-order chi connectivity index (χ0) is 12.0. The van der Waals surface area contributed by atoms with E-state index >= 15 is 0 Å². The molecule has 1 N–H and O–H groups in total. The molecule has 1 atom stereocenters. The third-order valence-electron chi connectivity index (χ3n) is 2.42. The molecule has 0 fully saturated rings. The van der Waals surface area contributed by atoms with Gasteiger partial charge in [0.15, 0.2) is 0 Å². The zero-order valence-electron chi connectivity index (χ0n) is 9.86. The molecule has 1 aromatic rings. The van der Waals surface area contributed by atoms with Crippen molar-refractivity contribution in [1.82, 2.24) is 5.32 Å². The SMILES string of the molecule is COC(=O)/C=C/NC(C)c1ccccc1C. The maximum Gasteiger partial charge on any atom is 0.331 e. The van der Waals surface area contributed by atoms with Gasteiger partial charge in [-0.25, -0.2) is 4.79 Å². The van der Waals surface area contributed by atoms with E-state index in [4.69, 9.17) is 0 Å². The highest BCUT2D eigenvalue weighted by Crippen LogP contribution is 2.16. The monoisotopic (exact) mass is 219 g/mol. The Morgan fingerprint density at radius 3 is 2.75 bits per heavy atom. The summed E-state index contributed by atoms with van der Waals surface area (Å²) in [6, 6.07) is 8.32. The standard InChI is InChI=1S/C13H17NO2/c1-10-6-4-5-7-12(10)11(2)14-9-8-13(15)16-3/h4-9,11,14H,1-3H3/b9-8+. The van der Waals surface area contributed by atoms with Gasteiger partial charge in [-0.05, 0) is 25.0 Å². The topological polar surface area (TPSA) is 38.3 Å². The van der Waals surface area contributed by atoms with Crippen molar-refractivity contribution in [3.05, 3.63) is 47.7 Å². The largest absolute Gasteiger partial charge is 0.466 e. The first-order chi connectivity index (χ1) is 7.65. The van der Waals surface area contributed by atoms with E-state index in [0.717, 1.165) is 0 Å². The Balaban J connectivity index is 2.60. The van der Waals surface area contributed by atoms with Crippen LogP contribution >= 0.6 is 0 Å². The molecule has 86 valence electrons. The summed E-state index contributed by atoms with van der Waals surface area (Å²) in [6.45, 7) is 4.11. The molecular weight excluding hydrogens is 202 g/mol. The number of methoxy groups -OCH3 is 1. The number of esters is 1. The number of hydrogen-bond acceptors (Lipinski definition) is 3. The number of ether oxygens (including phenoxy) is 1. The van der Waals surface area contributed by atoms with Crippen LogP contribution in [0.1, 0.15) is 24.1 Å². The van der Waals surface area contributed by atoms with E-state index in [2.05, 4.69) is 29.1 Å². The summed E-state index contributed by atoms with van der Waals surface area (Å²) >= 11 is 0. The van der Waals surface area contributed by atoms with Gasteiger partial charge in [0.05, 0.1) is 7.11 Å². The van der Waals surface area contributed by atoms with E-state index in [1.807, 2.05) is 19.1 Å². The van der Waals surface area contributed by atoms with Crippen LogP contribution in [0.3, 0.4) is 0 Å². The fourth-order valence-electron chi connectivity index (χ4n) is 1.49. The molecule has 1 rings (SSSR count). The van der Waals surface area contributed by atoms with Gasteiger partial charge in [-0.3, -0.25) is 0 Å². The van der Waals surface area contributed by atoms with Gasteiger partial charge in [-0.2, -0.15) is 0 Å². The molecule has 1 unspecified atom stereocenters. The van der Waals surface area contributed by atoms with Crippen LogP contribution in [0.5, 0.6) is 0 Å². The van der Waals surface area contributed by atoms with Crippen molar-refractivity contribution >= 4 is 5.97 Å². The first kappa shape index (κ1) is 12.3. The molecule has 3 nitrogen and oxygen atoms in total. The van der Waals surface area contributed by atoms with Crippen LogP contribution in [0.4, 0.5) is 0 Å². The predicted octanol–water partition coefficient (Wildman–Crippen LogP) is 2.33. The molecule has 1 aromatic carbocycles. The Bertz CT molecular complexity index is 385. The third-order valence-corrected chi connectivity index (χ3v) is 2.42. The number of carbonyl (C=O) groups excluding carboxylic acids is 1. The Morgan fingerprint density at radius 1 is 1.44 bits per heavy atom. The summed E-state index contributed by atoms with van der Waals surface area (Å²) in [4.78, 5) is 10.8. The molecule has 0 aromatic heterocycles. The Hall–Kier alpha value is -1.77. The minimum Gasteiger partial charge on any atom is -0.466 e. The van der Waals surface area contributed by atoms with Crippen LogP contribution in [0.25, 0.3) is 0 Å². The van der Waals surface area contributed by atoms with Crippen molar-refractivity contribution in [3.63, 3.8) is 0 Å². The maximum absolute atomic E-state index is 10.8. The van der Waals surface area contributed by atoms with E-state index in [1.165, 1.54) is 24.3 Å². The second kappa shape index (κ2) is 5.95. The minimum absolute atomic E-state index is 0.169. The van der Waals surface area contributed by atoms with Crippen molar-refractivity contribution in [2.75, 3.05) is 7.11 Å². The summed E-state index contributed by atoms with van der Waals surface area (Å²) in [5, 5.41) is 3.12. The number of rotatable bonds is 4. The summed E-state index contributed by atoms with van der Waals surface area (Å²) in [7, 11) is 1.36. The molecule has 0 amide bonds. The van der Waals surface area contributed by atoms with E-state index in [0.29, 0.717) is 0 Å². The molecule has 0 saturated heterocycles. The van der Waals surface area contributed by atoms with Crippen LogP contribution in [-0.2, 0) is 9.53 Å². The maximum atomic E-state index is 10.8. The summed E-state index contributed by atoms with van der Waals surface area (Å²) in [5.41, 5.74) is 2.45. The van der Waals surface area contributed by atoms with Gasteiger partial charge < -0.3 is 10.1 Å². The molecule has 0 aliphatic heterocycles. The van der Waals surface area contributed by atoms with Crippen LogP contribution < -0.4 is 5.32 Å². The van der Waals surface area contributed by atoms with Gasteiger partial charge in [0.25, 0.3) is 0 Å². The molecule has 0 radical (unpaired) electrons. The second-order valence-electron chi connectivity index (χ2n) is 3.60. The fraction of sp³-hybridized carbons (Fsp3) is 0.308. The highest BCUT2D eigenvalue weighted by molar-refractivity contribution is 5.81. The molecule has 0 bridgehead atoms. The Labute approximate surface area is 96.1 Å². The van der Waals surface area contributed by atoms with Crippen molar-refractivity contribution in [1.29, 1.82) is 0 Å². The highest BCUT2D eigenvalue weighted by Gasteiger charge is 2.04. The number of carbonyl (C=O) groups is 1. The van der Waals surface area contributed by atoms with Crippen molar-refractivity contribution < 1.29 is 9.53 Å². The summed E-state index contributed by atoms with van der Waals surface area (Å²) < 4.78 is 4.50. The smallest absolute Gasteiger partial charge is 0.331 e. The predicted molar refractivity (Wildman–Crippen MR) is 63.9 cm³/mol. The molecule has 3 heteroatoms. The fourth-order valence-corrected chi connectivity index (χ4v) is 1.49. The van der Waals surface area contributed by atoms with Gasteiger partial charge in [-0.15, -0.1) is 0 Å². The third kappa shape index (κ3) is 3.42. The van der Waals surface area contributed by atoms with Gasteiger partial charge in [0.1, 0.15) is 0 Å². The Morgan fingerprint density at radius 2 is 2.12 bits per heavy atom. The lowest BCUT2D eigenvalue weighted by Gasteiger charge is -2.14. The van der Waals surface area contributed by atoms with Crippen LogP contribution in [0.15, 0.2) is 36.5 Å². The normalized spacial score (nSPS) is 12.4. The van der Waals surface area contributed by atoms with Crippen molar-refractivity contribution in [3.8, 4) is 0 Å². The lowest BCUT2D eigenvalue weighted by Crippen LogP contribution is -2.13. The van der Waals surface area contributed by atoms with Gasteiger partial charge in [0, 0.05) is 18.3 Å². The molecule has 16 heavy (non-hydrogen) atoms. The van der Waals surface area contributed by atoms with E-state index in [9.17, 15) is 4.79 Å². The summed E-state index contributed by atoms with van der Waals surface area (Å²) in [5.74, 6) is -0.357.